The molecule has 6 atom stereocenters. The van der Waals surface area contributed by atoms with Crippen LogP contribution < -0.4 is 0 Å². The Labute approximate surface area is 600 Å². The van der Waals surface area contributed by atoms with Crippen LogP contribution in [0.4, 0.5) is 0 Å². The van der Waals surface area contributed by atoms with Gasteiger partial charge in [0.15, 0.2) is 12.2 Å². The molecule has 0 rings (SSSR count). The van der Waals surface area contributed by atoms with Gasteiger partial charge in [0, 0.05) is 25.7 Å². The maximum Gasteiger partial charge on any atom is 0.472 e. The summed E-state index contributed by atoms with van der Waals surface area (Å²) in [6, 6.07) is 0. The van der Waals surface area contributed by atoms with E-state index in [-0.39, 0.29) is 25.7 Å². The van der Waals surface area contributed by atoms with Gasteiger partial charge in [-0.15, -0.1) is 0 Å². The minimum Gasteiger partial charge on any atom is -0.462 e. The van der Waals surface area contributed by atoms with Crippen molar-refractivity contribution in [2.24, 2.45) is 11.8 Å². The van der Waals surface area contributed by atoms with Gasteiger partial charge in [-0.1, -0.05) is 363 Å². The fraction of sp³-hybridized carbons (Fsp3) is 0.949. The van der Waals surface area contributed by atoms with Crippen LogP contribution in [0, 0.1) is 11.8 Å². The van der Waals surface area contributed by atoms with Crippen LogP contribution in [0.15, 0.2) is 0 Å². The SMILES string of the molecule is CCCCCCCCCCCCCCCCCCCCC(=O)O[C@H](COC(=O)CCCCCCCCCCCCCCCCC)COP(=O)(O)OC[C@@H](O)COP(=O)(O)OC[C@@H](COC(=O)CCCCCCCCCCC(C)CC)OC(=O)CCCCCCCCCCCCC(C)C. The number of unbranched alkanes of at least 4 members (excludes halogenated alkanes) is 47. The lowest BCUT2D eigenvalue weighted by atomic mass is 9.99. The second kappa shape index (κ2) is 70.7. The number of ether oxygens (including phenoxy) is 4. The van der Waals surface area contributed by atoms with Gasteiger partial charge in [-0.2, -0.15) is 0 Å². The molecule has 3 unspecified atom stereocenters. The predicted octanol–water partition coefficient (Wildman–Crippen LogP) is 23.5. The van der Waals surface area contributed by atoms with E-state index in [9.17, 15) is 43.2 Å². The van der Waals surface area contributed by atoms with E-state index in [4.69, 9.17) is 37.0 Å². The van der Waals surface area contributed by atoms with Gasteiger partial charge in [0.05, 0.1) is 26.4 Å². The normalized spacial score (nSPS) is 14.2. The van der Waals surface area contributed by atoms with Gasteiger partial charge in [-0.05, 0) is 37.5 Å². The van der Waals surface area contributed by atoms with Gasteiger partial charge in [0.25, 0.3) is 0 Å². The first-order chi connectivity index (χ1) is 47.4. The number of phosphoric ester groups is 2. The van der Waals surface area contributed by atoms with Crippen molar-refractivity contribution in [3.05, 3.63) is 0 Å². The van der Waals surface area contributed by atoms with Crippen molar-refractivity contribution >= 4 is 39.5 Å². The third-order valence-electron chi connectivity index (χ3n) is 18.8. The molecule has 0 heterocycles. The zero-order valence-electron chi connectivity index (χ0n) is 64.1. The third-order valence-corrected chi connectivity index (χ3v) is 20.7. The Hall–Kier alpha value is -1.94. The fourth-order valence-electron chi connectivity index (χ4n) is 12.2. The van der Waals surface area contributed by atoms with Crippen molar-refractivity contribution in [3.63, 3.8) is 0 Å². The number of phosphoric acid groups is 2. The number of aliphatic hydroxyl groups is 1. The molecular formula is C79H154O17P2. The highest BCUT2D eigenvalue weighted by molar-refractivity contribution is 7.47. The van der Waals surface area contributed by atoms with Crippen LogP contribution >= 0.6 is 15.6 Å². The molecule has 0 fully saturated rings. The summed E-state index contributed by atoms with van der Waals surface area (Å²) in [7, 11) is -9.92. The van der Waals surface area contributed by atoms with Crippen molar-refractivity contribution < 1.29 is 80.2 Å². The van der Waals surface area contributed by atoms with E-state index in [0.717, 1.165) is 102 Å². The van der Waals surface area contributed by atoms with E-state index < -0.39 is 97.5 Å². The van der Waals surface area contributed by atoms with E-state index in [1.165, 1.54) is 231 Å². The number of hydrogen-bond donors (Lipinski definition) is 3. The molecule has 0 aliphatic heterocycles. The van der Waals surface area contributed by atoms with Gasteiger partial charge in [0.1, 0.15) is 19.3 Å². The zero-order chi connectivity index (χ0) is 72.1. The lowest BCUT2D eigenvalue weighted by molar-refractivity contribution is -0.161. The lowest BCUT2D eigenvalue weighted by Crippen LogP contribution is -2.30. The molecule has 0 aliphatic rings. The maximum absolute atomic E-state index is 13.1. The molecule has 0 spiro atoms. The van der Waals surface area contributed by atoms with Crippen molar-refractivity contribution in [1.82, 2.24) is 0 Å². The zero-order valence-corrected chi connectivity index (χ0v) is 65.9. The lowest BCUT2D eigenvalue weighted by Gasteiger charge is -2.21. The first-order valence-electron chi connectivity index (χ1n) is 41.0. The molecule has 19 heteroatoms. The van der Waals surface area contributed by atoms with Gasteiger partial charge in [-0.25, -0.2) is 9.13 Å². The molecule has 0 aromatic heterocycles. The smallest absolute Gasteiger partial charge is 0.462 e. The van der Waals surface area contributed by atoms with Gasteiger partial charge >= 0.3 is 39.5 Å². The highest BCUT2D eigenvalue weighted by atomic mass is 31.2. The molecule has 0 saturated heterocycles. The molecule has 0 bridgehead atoms. The average molecular weight is 1440 g/mol. The quantitative estimate of drug-likeness (QED) is 0.0222. The summed E-state index contributed by atoms with van der Waals surface area (Å²) in [5.74, 6) is -0.581. The number of aliphatic hydroxyl groups excluding tert-OH is 1. The third kappa shape index (κ3) is 71.1. The van der Waals surface area contributed by atoms with Crippen LogP contribution in [-0.2, 0) is 65.4 Å². The number of carbonyl (C=O) groups excluding carboxylic acids is 4. The largest absolute Gasteiger partial charge is 0.472 e. The molecule has 0 aromatic rings. The number of rotatable bonds is 78. The van der Waals surface area contributed by atoms with E-state index in [1.54, 1.807) is 0 Å². The molecule has 0 radical (unpaired) electrons. The highest BCUT2D eigenvalue weighted by Gasteiger charge is 2.30. The Kier molecular flexibility index (Phi) is 69.3. The highest BCUT2D eigenvalue weighted by Crippen LogP contribution is 2.45. The van der Waals surface area contributed by atoms with E-state index >= 15 is 0 Å². The molecule has 0 amide bonds. The van der Waals surface area contributed by atoms with E-state index in [2.05, 4.69) is 41.5 Å². The topological polar surface area (TPSA) is 237 Å². The molecule has 0 saturated carbocycles. The first kappa shape index (κ1) is 96.1. The molecule has 582 valence electrons. The fourth-order valence-corrected chi connectivity index (χ4v) is 13.7. The Morgan fingerprint density at radius 1 is 0.296 bits per heavy atom. The summed E-state index contributed by atoms with van der Waals surface area (Å²) in [6.45, 7) is 9.62. The van der Waals surface area contributed by atoms with Gasteiger partial charge in [0.2, 0.25) is 0 Å². The number of esters is 4. The molecule has 0 aliphatic carbocycles. The minimum atomic E-state index is -4.96. The summed E-state index contributed by atoms with van der Waals surface area (Å²) in [5.41, 5.74) is 0. The molecule has 17 nitrogen and oxygen atoms in total. The van der Waals surface area contributed by atoms with Gasteiger partial charge in [-0.3, -0.25) is 37.3 Å². The first-order valence-corrected chi connectivity index (χ1v) is 44.0. The Bertz CT molecular complexity index is 1890. The number of carbonyl (C=O) groups is 4. The maximum atomic E-state index is 13.1. The van der Waals surface area contributed by atoms with Crippen LogP contribution in [0.2, 0.25) is 0 Å². The summed E-state index contributed by atoms with van der Waals surface area (Å²) in [4.78, 5) is 73.0. The summed E-state index contributed by atoms with van der Waals surface area (Å²) in [6.07, 6.45) is 59.5. The van der Waals surface area contributed by atoms with Crippen molar-refractivity contribution in [1.29, 1.82) is 0 Å². The second-order valence-corrected chi connectivity index (χ2v) is 32.1. The van der Waals surface area contributed by atoms with Crippen LogP contribution in [0.1, 0.15) is 414 Å². The number of hydrogen-bond acceptors (Lipinski definition) is 15. The van der Waals surface area contributed by atoms with E-state index in [1.807, 2.05) is 0 Å². The Balaban J connectivity index is 5.26. The minimum absolute atomic E-state index is 0.106. The van der Waals surface area contributed by atoms with Crippen LogP contribution in [0.25, 0.3) is 0 Å². The standard InChI is InChI=1S/C79H154O17P2/c1-7-10-12-14-16-18-20-22-24-25-26-28-30-32-37-45-51-57-63-78(83)95-74(67-89-76(81)61-55-49-43-36-31-29-27-23-21-19-17-15-13-11-8-2)69-93-97(85,86)91-65-73(80)66-92-98(87,88)94-70-75(68-90-77(82)62-56-50-44-40-39-42-48-54-60-72(6)9-3)96-79(84)64-58-52-46-38-34-33-35-41-47-53-59-71(4)5/h71-75,80H,7-70H2,1-6H3,(H,85,86)(H,87,88)/t72?,73-,74-,75-/m1/s1. The van der Waals surface area contributed by atoms with Crippen molar-refractivity contribution in [2.45, 2.75) is 432 Å². The predicted molar refractivity (Wildman–Crippen MR) is 400 cm³/mol. The molecular weight excluding hydrogens is 1280 g/mol. The van der Waals surface area contributed by atoms with Crippen molar-refractivity contribution in [2.75, 3.05) is 39.6 Å². The van der Waals surface area contributed by atoms with Crippen LogP contribution in [0.5, 0.6) is 0 Å². The molecule has 3 N–H and O–H groups in total. The second-order valence-electron chi connectivity index (χ2n) is 29.2. The summed E-state index contributed by atoms with van der Waals surface area (Å²) in [5, 5.41) is 10.6. The molecule has 98 heavy (non-hydrogen) atoms. The van der Waals surface area contributed by atoms with Crippen LogP contribution in [-0.4, -0.2) is 96.7 Å². The Morgan fingerprint density at radius 2 is 0.520 bits per heavy atom. The van der Waals surface area contributed by atoms with Crippen molar-refractivity contribution in [3.8, 4) is 0 Å². The monoisotopic (exact) mass is 1440 g/mol. The van der Waals surface area contributed by atoms with Gasteiger partial charge < -0.3 is 33.8 Å². The average Bonchev–Trinajstić information content (AvgIpc) is 0.962. The van der Waals surface area contributed by atoms with Crippen LogP contribution in [0.3, 0.4) is 0 Å². The summed E-state index contributed by atoms with van der Waals surface area (Å²) < 4.78 is 68.7. The van der Waals surface area contributed by atoms with E-state index in [0.29, 0.717) is 25.7 Å². The Morgan fingerprint density at radius 3 is 0.776 bits per heavy atom. The molecule has 0 aromatic carbocycles. The summed E-state index contributed by atoms with van der Waals surface area (Å²) >= 11 is 0.